The number of carbonyl (C=O) groups is 1. The summed E-state index contributed by atoms with van der Waals surface area (Å²) in [6.07, 6.45) is 3.17. The molecule has 2 aromatic heterocycles. The number of H-pyrrole nitrogens is 1. The highest BCUT2D eigenvalue weighted by molar-refractivity contribution is 5.79. The molecule has 0 aromatic carbocycles. The smallest absolute Gasteiger partial charge is 0.262 e. The van der Waals surface area contributed by atoms with Gasteiger partial charge in [0.2, 0.25) is 5.91 Å². The zero-order valence-electron chi connectivity index (χ0n) is 15.3. The molecule has 0 saturated carbocycles. The van der Waals surface area contributed by atoms with E-state index in [0.717, 1.165) is 25.9 Å². The highest BCUT2D eigenvalue weighted by Crippen LogP contribution is 2.19. The summed E-state index contributed by atoms with van der Waals surface area (Å²) in [6, 6.07) is 0. The third-order valence-electron chi connectivity index (χ3n) is 4.48. The minimum absolute atomic E-state index is 0.0574. The zero-order chi connectivity index (χ0) is 18.2. The lowest BCUT2D eigenvalue weighted by Crippen LogP contribution is -2.47. The van der Waals surface area contributed by atoms with Gasteiger partial charge in [-0.05, 0) is 46.7 Å². The Morgan fingerprint density at radius 3 is 2.68 bits per heavy atom. The number of rotatable bonds is 3. The number of aromatic amines is 1. The van der Waals surface area contributed by atoms with Gasteiger partial charge in [0.1, 0.15) is 11.2 Å². The number of amides is 1. The molecule has 136 valence electrons. The molecule has 2 aromatic rings. The third-order valence-corrected chi connectivity index (χ3v) is 4.48. The number of piperidine rings is 1. The number of aromatic nitrogens is 4. The molecular weight excluding hydrogens is 320 g/mol. The van der Waals surface area contributed by atoms with E-state index in [4.69, 9.17) is 0 Å². The van der Waals surface area contributed by atoms with Crippen LogP contribution in [0.2, 0.25) is 0 Å². The molecular formula is C17H26N6O2. The Bertz CT molecular complexity index is 824. The van der Waals surface area contributed by atoms with Gasteiger partial charge in [0.25, 0.3) is 5.56 Å². The van der Waals surface area contributed by atoms with Gasteiger partial charge in [-0.2, -0.15) is 5.10 Å². The van der Waals surface area contributed by atoms with Crippen molar-refractivity contribution in [3.05, 3.63) is 22.4 Å². The van der Waals surface area contributed by atoms with Crippen LogP contribution in [0.25, 0.3) is 11.0 Å². The lowest BCUT2D eigenvalue weighted by atomic mass is 9.94. The fourth-order valence-corrected chi connectivity index (χ4v) is 3.19. The quantitative estimate of drug-likeness (QED) is 0.856. The van der Waals surface area contributed by atoms with Crippen molar-refractivity contribution in [2.75, 3.05) is 13.1 Å². The van der Waals surface area contributed by atoms with Crippen molar-refractivity contribution in [3.63, 3.8) is 0 Å². The fourth-order valence-electron chi connectivity index (χ4n) is 3.19. The SMILES string of the molecule is Cn1ncc2c(=O)[nH]c(CN3CCC(C(=O)NC(C)(C)C)CC3)nc21. The van der Waals surface area contributed by atoms with Gasteiger partial charge in [0, 0.05) is 18.5 Å². The Balaban J connectivity index is 1.62. The van der Waals surface area contributed by atoms with Gasteiger partial charge in [-0.3, -0.25) is 19.2 Å². The number of aryl methyl sites for hydroxylation is 1. The monoisotopic (exact) mass is 346 g/mol. The van der Waals surface area contributed by atoms with Gasteiger partial charge in [-0.15, -0.1) is 0 Å². The molecule has 8 nitrogen and oxygen atoms in total. The molecule has 1 aliphatic heterocycles. The summed E-state index contributed by atoms with van der Waals surface area (Å²) < 4.78 is 1.61. The first kappa shape index (κ1) is 17.6. The number of carbonyl (C=O) groups excluding carboxylic acids is 1. The first-order valence-corrected chi connectivity index (χ1v) is 8.68. The van der Waals surface area contributed by atoms with Crippen LogP contribution in [0.3, 0.4) is 0 Å². The average molecular weight is 346 g/mol. The van der Waals surface area contributed by atoms with Gasteiger partial charge >= 0.3 is 0 Å². The van der Waals surface area contributed by atoms with Gasteiger partial charge < -0.3 is 10.3 Å². The van der Waals surface area contributed by atoms with E-state index in [1.54, 1.807) is 11.7 Å². The number of nitrogens with one attached hydrogen (secondary N) is 2. The predicted octanol–water partition coefficient (Wildman–Crippen LogP) is 0.783. The average Bonchev–Trinajstić information content (AvgIpc) is 2.88. The highest BCUT2D eigenvalue weighted by Gasteiger charge is 2.27. The molecule has 8 heteroatoms. The van der Waals surface area contributed by atoms with Crippen molar-refractivity contribution in [3.8, 4) is 0 Å². The molecule has 0 spiro atoms. The number of likely N-dealkylation sites (tertiary alicyclic amines) is 1. The second-order valence-electron chi connectivity index (χ2n) is 7.81. The van der Waals surface area contributed by atoms with E-state index in [1.807, 2.05) is 20.8 Å². The number of hydrogen-bond acceptors (Lipinski definition) is 5. The van der Waals surface area contributed by atoms with E-state index in [2.05, 4.69) is 25.3 Å². The molecule has 0 aliphatic carbocycles. The topological polar surface area (TPSA) is 95.9 Å². The van der Waals surface area contributed by atoms with Gasteiger partial charge in [-0.1, -0.05) is 0 Å². The second kappa shape index (κ2) is 6.59. The van der Waals surface area contributed by atoms with Crippen LogP contribution in [0.4, 0.5) is 0 Å². The zero-order valence-corrected chi connectivity index (χ0v) is 15.3. The standard InChI is InChI=1S/C17H26N6O2/c1-17(2,3)21-15(24)11-5-7-23(8-6-11)10-13-19-14-12(16(25)20-13)9-18-22(14)4/h9,11H,5-8,10H2,1-4H3,(H,21,24)(H,19,20,25). The molecule has 0 atom stereocenters. The maximum Gasteiger partial charge on any atom is 0.262 e. The van der Waals surface area contributed by atoms with Crippen molar-refractivity contribution in [1.29, 1.82) is 0 Å². The summed E-state index contributed by atoms with van der Waals surface area (Å²) >= 11 is 0. The summed E-state index contributed by atoms with van der Waals surface area (Å²) in [7, 11) is 1.78. The molecule has 0 bridgehead atoms. The Kier molecular flexibility index (Phi) is 4.64. The predicted molar refractivity (Wildman–Crippen MR) is 95.0 cm³/mol. The largest absolute Gasteiger partial charge is 0.351 e. The minimum Gasteiger partial charge on any atom is -0.351 e. The van der Waals surface area contributed by atoms with E-state index in [9.17, 15) is 9.59 Å². The second-order valence-corrected chi connectivity index (χ2v) is 7.81. The van der Waals surface area contributed by atoms with Crippen molar-refractivity contribution in [2.45, 2.75) is 45.7 Å². The highest BCUT2D eigenvalue weighted by atomic mass is 16.2. The van der Waals surface area contributed by atoms with Crippen molar-refractivity contribution in [2.24, 2.45) is 13.0 Å². The molecule has 3 rings (SSSR count). The van der Waals surface area contributed by atoms with E-state index in [0.29, 0.717) is 23.4 Å². The molecule has 2 N–H and O–H groups in total. The van der Waals surface area contributed by atoms with E-state index >= 15 is 0 Å². The summed E-state index contributed by atoms with van der Waals surface area (Å²) in [5.41, 5.74) is 0.238. The maximum absolute atomic E-state index is 12.3. The Hall–Kier alpha value is -2.22. The van der Waals surface area contributed by atoms with Crippen LogP contribution in [0, 0.1) is 5.92 Å². The number of hydrogen-bond donors (Lipinski definition) is 2. The summed E-state index contributed by atoms with van der Waals surface area (Å²) in [6.45, 7) is 8.19. The third kappa shape index (κ3) is 4.07. The lowest BCUT2D eigenvalue weighted by Gasteiger charge is -2.32. The van der Waals surface area contributed by atoms with Crippen molar-refractivity contribution in [1.82, 2.24) is 30.0 Å². The van der Waals surface area contributed by atoms with Crippen LogP contribution in [-0.4, -0.2) is 49.2 Å². The van der Waals surface area contributed by atoms with Gasteiger partial charge in [0.05, 0.1) is 12.7 Å². The Morgan fingerprint density at radius 1 is 1.36 bits per heavy atom. The maximum atomic E-state index is 12.3. The molecule has 25 heavy (non-hydrogen) atoms. The minimum atomic E-state index is -0.198. The van der Waals surface area contributed by atoms with Crippen molar-refractivity contribution >= 4 is 16.9 Å². The molecule has 1 aliphatic rings. The summed E-state index contributed by atoms with van der Waals surface area (Å²) in [4.78, 5) is 34.0. The molecule has 1 saturated heterocycles. The summed E-state index contributed by atoms with van der Waals surface area (Å²) in [5.74, 6) is 0.829. The Morgan fingerprint density at radius 2 is 2.04 bits per heavy atom. The normalized spacial score (nSPS) is 17.1. The van der Waals surface area contributed by atoms with Gasteiger partial charge in [0.15, 0.2) is 5.65 Å². The first-order valence-electron chi connectivity index (χ1n) is 8.68. The molecule has 3 heterocycles. The molecule has 1 amide bonds. The van der Waals surface area contributed by atoms with Crippen LogP contribution < -0.4 is 10.9 Å². The number of fused-ring (bicyclic) bond motifs is 1. The van der Waals surface area contributed by atoms with E-state index in [1.165, 1.54) is 6.20 Å². The fraction of sp³-hybridized carbons (Fsp3) is 0.647. The van der Waals surface area contributed by atoms with Crippen LogP contribution in [-0.2, 0) is 18.4 Å². The molecule has 0 radical (unpaired) electrons. The van der Waals surface area contributed by atoms with E-state index in [-0.39, 0.29) is 22.9 Å². The first-order chi connectivity index (χ1) is 11.7. The van der Waals surface area contributed by atoms with Crippen LogP contribution in [0.1, 0.15) is 39.4 Å². The van der Waals surface area contributed by atoms with Crippen molar-refractivity contribution < 1.29 is 4.79 Å². The van der Waals surface area contributed by atoms with Crippen LogP contribution in [0.15, 0.2) is 11.0 Å². The summed E-state index contributed by atoms with van der Waals surface area (Å²) in [5, 5.41) is 7.64. The molecule has 0 unspecified atom stereocenters. The van der Waals surface area contributed by atoms with Crippen LogP contribution >= 0.6 is 0 Å². The van der Waals surface area contributed by atoms with Crippen LogP contribution in [0.5, 0.6) is 0 Å². The lowest BCUT2D eigenvalue weighted by molar-refractivity contribution is -0.127. The Labute approximate surface area is 146 Å². The van der Waals surface area contributed by atoms with Gasteiger partial charge in [-0.25, -0.2) is 4.98 Å². The van der Waals surface area contributed by atoms with E-state index < -0.39 is 0 Å². The molecule has 1 fully saturated rings. The number of nitrogens with zero attached hydrogens (tertiary/aromatic N) is 4.